The van der Waals surface area contributed by atoms with Crippen LogP contribution in [0, 0.1) is 11.3 Å². The summed E-state index contributed by atoms with van der Waals surface area (Å²) in [7, 11) is 0. The molecule has 1 saturated heterocycles. The van der Waals surface area contributed by atoms with E-state index in [9.17, 15) is 0 Å². The molecular formula is C16H33N3O. The van der Waals surface area contributed by atoms with E-state index >= 15 is 0 Å². The smallest absolute Gasteiger partial charge is 0.144 e. The second-order valence-corrected chi connectivity index (χ2v) is 6.90. The van der Waals surface area contributed by atoms with Gasteiger partial charge in [0.25, 0.3) is 0 Å². The molecule has 1 aliphatic heterocycles. The Bertz CT molecular complexity index is 294. The zero-order chi connectivity index (χ0) is 15.0. The van der Waals surface area contributed by atoms with Gasteiger partial charge in [0.15, 0.2) is 0 Å². The third-order valence-electron chi connectivity index (χ3n) is 4.73. The number of hydrogen-bond acceptors (Lipinski definition) is 3. The molecule has 0 unspecified atom stereocenters. The minimum absolute atomic E-state index is 0.192. The van der Waals surface area contributed by atoms with Gasteiger partial charge in [-0.2, -0.15) is 0 Å². The van der Waals surface area contributed by atoms with Gasteiger partial charge in [0.2, 0.25) is 0 Å². The Morgan fingerprint density at radius 3 is 2.50 bits per heavy atom. The molecule has 0 radical (unpaired) electrons. The Balaban J connectivity index is 2.14. The third-order valence-corrected chi connectivity index (χ3v) is 4.73. The number of rotatable bonds is 8. The normalized spacial score (nSPS) is 19.4. The highest BCUT2D eigenvalue weighted by Crippen LogP contribution is 2.25. The molecular weight excluding hydrogens is 250 g/mol. The van der Waals surface area contributed by atoms with Crippen molar-refractivity contribution in [2.24, 2.45) is 22.2 Å². The van der Waals surface area contributed by atoms with Gasteiger partial charge in [-0.3, -0.25) is 0 Å². The Labute approximate surface area is 124 Å². The lowest BCUT2D eigenvalue weighted by atomic mass is 9.86. The van der Waals surface area contributed by atoms with Gasteiger partial charge >= 0.3 is 0 Å². The Morgan fingerprint density at radius 2 is 1.95 bits per heavy atom. The summed E-state index contributed by atoms with van der Waals surface area (Å²) in [6.45, 7) is 10.1. The first-order valence-corrected chi connectivity index (χ1v) is 8.20. The summed E-state index contributed by atoms with van der Waals surface area (Å²) in [5, 5.41) is 11.9. The predicted octanol–water partition coefficient (Wildman–Crippen LogP) is 3.44. The van der Waals surface area contributed by atoms with Crippen LogP contribution in [0.25, 0.3) is 0 Å². The summed E-state index contributed by atoms with van der Waals surface area (Å²) >= 11 is 0. The lowest BCUT2D eigenvalue weighted by Gasteiger charge is -2.32. The number of piperidine rings is 1. The van der Waals surface area contributed by atoms with Crippen LogP contribution in [0.5, 0.6) is 0 Å². The summed E-state index contributed by atoms with van der Waals surface area (Å²) < 4.78 is 0. The average Bonchev–Trinajstić information content (AvgIpc) is 2.44. The number of oxime groups is 1. The van der Waals surface area contributed by atoms with Crippen LogP contribution in [0.3, 0.4) is 0 Å². The van der Waals surface area contributed by atoms with Crippen LogP contribution < -0.4 is 5.73 Å². The Hall–Kier alpha value is -0.770. The molecule has 1 heterocycles. The maximum atomic E-state index is 8.75. The van der Waals surface area contributed by atoms with Crippen LogP contribution in [0.4, 0.5) is 0 Å². The minimum atomic E-state index is -0.192. The van der Waals surface area contributed by atoms with Crippen molar-refractivity contribution in [2.75, 3.05) is 19.6 Å². The molecule has 0 bridgehead atoms. The summed E-state index contributed by atoms with van der Waals surface area (Å²) in [4.78, 5) is 2.60. The van der Waals surface area contributed by atoms with Crippen molar-refractivity contribution >= 4 is 5.84 Å². The van der Waals surface area contributed by atoms with Gasteiger partial charge in [-0.15, -0.1) is 0 Å². The number of nitrogens with zero attached hydrogens (tertiary/aromatic N) is 2. The summed E-state index contributed by atoms with van der Waals surface area (Å²) in [5.41, 5.74) is 5.52. The van der Waals surface area contributed by atoms with Crippen LogP contribution in [0.2, 0.25) is 0 Å². The van der Waals surface area contributed by atoms with E-state index in [0.717, 1.165) is 18.8 Å². The Morgan fingerprint density at radius 1 is 1.30 bits per heavy atom. The lowest BCUT2D eigenvalue weighted by Crippen LogP contribution is -2.35. The van der Waals surface area contributed by atoms with Crippen molar-refractivity contribution in [1.29, 1.82) is 0 Å². The van der Waals surface area contributed by atoms with Crippen LogP contribution >= 0.6 is 0 Å². The molecule has 0 amide bonds. The van der Waals surface area contributed by atoms with Gasteiger partial charge in [-0.1, -0.05) is 45.2 Å². The van der Waals surface area contributed by atoms with E-state index in [1.807, 2.05) is 13.8 Å². The maximum absolute atomic E-state index is 8.75. The molecule has 4 nitrogen and oxygen atoms in total. The second-order valence-electron chi connectivity index (χ2n) is 6.90. The fraction of sp³-hybridized carbons (Fsp3) is 0.938. The predicted molar refractivity (Wildman–Crippen MR) is 85.1 cm³/mol. The van der Waals surface area contributed by atoms with Gasteiger partial charge in [0, 0.05) is 5.41 Å². The molecule has 3 N–H and O–H groups in total. The van der Waals surface area contributed by atoms with Gasteiger partial charge in [0.05, 0.1) is 0 Å². The molecule has 1 fully saturated rings. The minimum Gasteiger partial charge on any atom is -0.409 e. The molecule has 0 aromatic heterocycles. The fourth-order valence-electron chi connectivity index (χ4n) is 3.07. The second kappa shape index (κ2) is 8.50. The van der Waals surface area contributed by atoms with Crippen molar-refractivity contribution in [3.8, 4) is 0 Å². The number of nitrogens with two attached hydrogens (primary N) is 1. The highest BCUT2D eigenvalue weighted by molar-refractivity contribution is 5.85. The number of amidine groups is 1. The molecule has 0 aromatic rings. The van der Waals surface area contributed by atoms with Crippen LogP contribution in [-0.2, 0) is 0 Å². The SMILES string of the molecule is CCCC1CCN(CCCCC(C)(C)C(N)=NO)CC1. The van der Waals surface area contributed by atoms with E-state index in [4.69, 9.17) is 10.9 Å². The van der Waals surface area contributed by atoms with Gasteiger partial charge in [-0.05, 0) is 51.2 Å². The van der Waals surface area contributed by atoms with E-state index in [1.54, 1.807) is 0 Å². The van der Waals surface area contributed by atoms with Crippen molar-refractivity contribution in [3.63, 3.8) is 0 Å². The zero-order valence-electron chi connectivity index (χ0n) is 13.6. The van der Waals surface area contributed by atoms with Crippen molar-refractivity contribution in [1.82, 2.24) is 4.90 Å². The van der Waals surface area contributed by atoms with Crippen molar-refractivity contribution in [2.45, 2.75) is 65.7 Å². The van der Waals surface area contributed by atoms with Gasteiger partial charge in [0.1, 0.15) is 5.84 Å². The molecule has 4 heteroatoms. The zero-order valence-corrected chi connectivity index (χ0v) is 13.6. The highest BCUT2D eigenvalue weighted by Gasteiger charge is 2.23. The molecule has 1 aliphatic rings. The average molecular weight is 283 g/mol. The number of likely N-dealkylation sites (tertiary alicyclic amines) is 1. The van der Waals surface area contributed by atoms with Crippen molar-refractivity contribution in [3.05, 3.63) is 0 Å². The first-order valence-electron chi connectivity index (χ1n) is 8.20. The quantitative estimate of drug-likeness (QED) is 0.236. The summed E-state index contributed by atoms with van der Waals surface area (Å²) in [5.74, 6) is 1.31. The van der Waals surface area contributed by atoms with Crippen LogP contribution in [-0.4, -0.2) is 35.6 Å². The standard InChI is InChI=1S/C16H33N3O/c1-4-7-14-8-12-19(13-9-14)11-6-5-10-16(2,3)15(17)18-20/h14,20H,4-13H2,1-3H3,(H2,17,18). The van der Waals surface area contributed by atoms with Crippen molar-refractivity contribution < 1.29 is 5.21 Å². The first-order chi connectivity index (χ1) is 9.49. The maximum Gasteiger partial charge on any atom is 0.144 e. The van der Waals surface area contributed by atoms with Gasteiger partial charge < -0.3 is 15.8 Å². The first kappa shape index (κ1) is 17.3. The van der Waals surface area contributed by atoms with Crippen LogP contribution in [0.1, 0.15) is 65.7 Å². The van der Waals surface area contributed by atoms with E-state index in [-0.39, 0.29) is 5.41 Å². The fourth-order valence-corrected chi connectivity index (χ4v) is 3.07. The molecule has 118 valence electrons. The molecule has 0 saturated carbocycles. The molecule has 0 atom stereocenters. The molecule has 0 spiro atoms. The third kappa shape index (κ3) is 5.70. The van der Waals surface area contributed by atoms with E-state index in [0.29, 0.717) is 5.84 Å². The molecule has 1 rings (SSSR count). The molecule has 0 aromatic carbocycles. The highest BCUT2D eigenvalue weighted by atomic mass is 16.4. The topological polar surface area (TPSA) is 61.8 Å². The lowest BCUT2D eigenvalue weighted by molar-refractivity contribution is 0.174. The number of unbranched alkanes of at least 4 members (excludes halogenated alkanes) is 1. The number of hydrogen-bond donors (Lipinski definition) is 2. The largest absolute Gasteiger partial charge is 0.409 e. The Kier molecular flexibility index (Phi) is 7.35. The van der Waals surface area contributed by atoms with E-state index < -0.39 is 0 Å². The van der Waals surface area contributed by atoms with Gasteiger partial charge in [-0.25, -0.2) is 0 Å². The monoisotopic (exact) mass is 283 g/mol. The molecule has 20 heavy (non-hydrogen) atoms. The molecule has 0 aliphatic carbocycles. The van der Waals surface area contributed by atoms with Crippen LogP contribution in [0.15, 0.2) is 5.16 Å². The summed E-state index contributed by atoms with van der Waals surface area (Å²) in [6.07, 6.45) is 8.82. The summed E-state index contributed by atoms with van der Waals surface area (Å²) in [6, 6.07) is 0. The van der Waals surface area contributed by atoms with E-state index in [1.165, 1.54) is 51.7 Å². The van der Waals surface area contributed by atoms with E-state index in [2.05, 4.69) is 17.0 Å².